The lowest BCUT2D eigenvalue weighted by Gasteiger charge is -2.43. The summed E-state index contributed by atoms with van der Waals surface area (Å²) in [4.78, 5) is 13.6. The summed E-state index contributed by atoms with van der Waals surface area (Å²) in [5, 5.41) is 0. The van der Waals surface area contributed by atoms with Gasteiger partial charge in [-0.15, -0.1) is 0 Å². The first-order valence-corrected chi connectivity index (χ1v) is 10.5. The third kappa shape index (κ3) is 3.12. The van der Waals surface area contributed by atoms with Crippen LogP contribution in [0.1, 0.15) is 36.0 Å². The van der Waals surface area contributed by atoms with Gasteiger partial charge >= 0.3 is 5.97 Å². The Bertz CT molecular complexity index is 1110. The van der Waals surface area contributed by atoms with Crippen LogP contribution >= 0.6 is 0 Å². The largest absolute Gasteiger partial charge is 0.497 e. The molecule has 5 nitrogen and oxygen atoms in total. The molecule has 0 saturated heterocycles. The van der Waals surface area contributed by atoms with Crippen molar-refractivity contribution in [3.05, 3.63) is 83.4 Å². The second-order valence-electron chi connectivity index (χ2n) is 7.93. The van der Waals surface area contributed by atoms with E-state index in [9.17, 15) is 4.79 Å². The van der Waals surface area contributed by atoms with Crippen LogP contribution in [0, 0.1) is 0 Å². The first-order chi connectivity index (χ1) is 15.2. The Hall–Kier alpha value is -3.47. The van der Waals surface area contributed by atoms with Gasteiger partial charge in [-0.1, -0.05) is 49.4 Å². The Morgan fingerprint density at radius 2 is 1.68 bits per heavy atom. The summed E-state index contributed by atoms with van der Waals surface area (Å²) in [5.74, 6) is 2.30. The van der Waals surface area contributed by atoms with E-state index in [-0.39, 0.29) is 18.7 Å². The summed E-state index contributed by atoms with van der Waals surface area (Å²) in [6, 6.07) is 21.7. The molecule has 3 aromatic carbocycles. The number of ether oxygens (including phenoxy) is 4. The monoisotopic (exact) mass is 416 g/mol. The van der Waals surface area contributed by atoms with E-state index in [4.69, 9.17) is 18.9 Å². The van der Waals surface area contributed by atoms with E-state index in [1.165, 1.54) is 0 Å². The van der Waals surface area contributed by atoms with Crippen LogP contribution < -0.4 is 18.9 Å². The van der Waals surface area contributed by atoms with E-state index in [0.29, 0.717) is 30.1 Å². The van der Waals surface area contributed by atoms with Crippen molar-refractivity contribution in [3.63, 3.8) is 0 Å². The highest BCUT2D eigenvalue weighted by Gasteiger charge is 2.52. The number of rotatable bonds is 5. The van der Waals surface area contributed by atoms with Crippen molar-refractivity contribution >= 4 is 5.97 Å². The molecular formula is C26H24O5. The predicted molar refractivity (Wildman–Crippen MR) is 116 cm³/mol. The van der Waals surface area contributed by atoms with Gasteiger partial charge in [0.2, 0.25) is 6.79 Å². The number of hydrogen-bond acceptors (Lipinski definition) is 5. The van der Waals surface area contributed by atoms with Crippen molar-refractivity contribution < 1.29 is 23.7 Å². The van der Waals surface area contributed by atoms with Crippen molar-refractivity contribution in [2.75, 3.05) is 13.9 Å². The summed E-state index contributed by atoms with van der Waals surface area (Å²) in [7, 11) is 1.66. The van der Waals surface area contributed by atoms with Gasteiger partial charge in [0.15, 0.2) is 11.5 Å². The molecule has 0 aliphatic carbocycles. The second-order valence-corrected chi connectivity index (χ2v) is 7.93. The van der Waals surface area contributed by atoms with Crippen LogP contribution in [0.25, 0.3) is 0 Å². The topological polar surface area (TPSA) is 54.0 Å². The molecule has 2 aliphatic rings. The number of fused-ring (bicyclic) bond motifs is 2. The second kappa shape index (κ2) is 7.65. The molecule has 0 saturated carbocycles. The lowest BCUT2D eigenvalue weighted by atomic mass is 9.62. The molecule has 5 rings (SSSR count). The standard InChI is InChI=1S/C26H24O5/c1-3-26(18-7-5-4-6-8-18)21(13-17-9-11-19(28-2)12-10-17)20-14-23-24(30-16-29-23)15-22(20)31-25(26)27/h4-12,14-15,21H,3,13,16H2,1-2H3/t21-,26+/m0/s1. The third-order valence-electron chi connectivity index (χ3n) is 6.49. The number of hydrogen-bond donors (Lipinski definition) is 0. The molecule has 0 fully saturated rings. The first kappa shape index (κ1) is 19.5. The molecule has 2 atom stereocenters. The van der Waals surface area contributed by atoms with Crippen molar-refractivity contribution in [2.24, 2.45) is 0 Å². The van der Waals surface area contributed by atoms with Gasteiger partial charge in [0.05, 0.1) is 7.11 Å². The van der Waals surface area contributed by atoms with Crippen molar-refractivity contribution in [1.82, 2.24) is 0 Å². The van der Waals surface area contributed by atoms with Crippen molar-refractivity contribution in [2.45, 2.75) is 31.1 Å². The van der Waals surface area contributed by atoms with E-state index < -0.39 is 5.41 Å². The molecule has 31 heavy (non-hydrogen) atoms. The molecule has 158 valence electrons. The summed E-state index contributed by atoms with van der Waals surface area (Å²) in [6.45, 7) is 2.22. The Kier molecular flexibility index (Phi) is 4.81. The maximum absolute atomic E-state index is 13.6. The maximum Gasteiger partial charge on any atom is 0.322 e. The SMILES string of the molecule is CC[C@]1(c2ccccc2)C(=O)Oc2cc3c(cc2[C@@H]1Cc1ccc(OC)cc1)OCO3. The predicted octanol–water partition coefficient (Wildman–Crippen LogP) is 5.02. The summed E-state index contributed by atoms with van der Waals surface area (Å²) < 4.78 is 22.4. The van der Waals surface area contributed by atoms with E-state index >= 15 is 0 Å². The van der Waals surface area contributed by atoms with Gasteiger partial charge in [-0.25, -0.2) is 0 Å². The minimum absolute atomic E-state index is 0.126. The van der Waals surface area contributed by atoms with Crippen LogP contribution in [0.5, 0.6) is 23.0 Å². The molecule has 0 amide bonds. The average molecular weight is 416 g/mol. The Morgan fingerprint density at radius 3 is 2.35 bits per heavy atom. The highest BCUT2D eigenvalue weighted by molar-refractivity contribution is 5.89. The molecule has 0 unspecified atom stereocenters. The quantitative estimate of drug-likeness (QED) is 0.432. The Labute approximate surface area is 181 Å². The van der Waals surface area contributed by atoms with Gasteiger partial charge in [-0.05, 0) is 42.2 Å². The van der Waals surface area contributed by atoms with Crippen molar-refractivity contribution in [3.8, 4) is 23.0 Å². The van der Waals surface area contributed by atoms with Gasteiger partial charge in [0.1, 0.15) is 16.9 Å². The number of esters is 1. The number of benzene rings is 3. The van der Waals surface area contributed by atoms with Crippen LogP contribution in [0.15, 0.2) is 66.7 Å². The van der Waals surface area contributed by atoms with E-state index in [1.54, 1.807) is 13.2 Å². The van der Waals surface area contributed by atoms with Crippen LogP contribution in [0.2, 0.25) is 0 Å². The zero-order valence-electron chi connectivity index (χ0n) is 17.6. The summed E-state index contributed by atoms with van der Waals surface area (Å²) in [6.07, 6.45) is 1.29. The van der Waals surface area contributed by atoms with Gasteiger partial charge in [0, 0.05) is 17.5 Å². The van der Waals surface area contributed by atoms with Gasteiger partial charge in [-0.2, -0.15) is 0 Å². The Morgan fingerprint density at radius 1 is 0.968 bits per heavy atom. The first-order valence-electron chi connectivity index (χ1n) is 10.5. The van der Waals surface area contributed by atoms with Crippen LogP contribution in [-0.4, -0.2) is 19.9 Å². The average Bonchev–Trinajstić information content (AvgIpc) is 3.27. The molecule has 0 radical (unpaired) electrons. The fourth-order valence-electron chi connectivity index (χ4n) is 4.83. The molecule has 0 N–H and O–H groups in total. The van der Waals surface area contributed by atoms with Gasteiger partial charge in [-0.3, -0.25) is 4.79 Å². The number of carbonyl (C=O) groups excluding carboxylic acids is 1. The molecule has 0 aromatic heterocycles. The molecule has 0 bridgehead atoms. The zero-order chi connectivity index (χ0) is 21.4. The molecular weight excluding hydrogens is 392 g/mol. The van der Waals surface area contributed by atoms with Gasteiger partial charge < -0.3 is 18.9 Å². The maximum atomic E-state index is 13.6. The van der Waals surface area contributed by atoms with Gasteiger partial charge in [0.25, 0.3) is 0 Å². The van der Waals surface area contributed by atoms with E-state index in [1.807, 2.05) is 55.5 Å². The molecule has 2 aliphatic heterocycles. The minimum atomic E-state index is -0.804. The Balaban J connectivity index is 1.68. The molecule has 3 aromatic rings. The smallest absolute Gasteiger partial charge is 0.322 e. The highest BCUT2D eigenvalue weighted by atomic mass is 16.7. The summed E-state index contributed by atoms with van der Waals surface area (Å²) >= 11 is 0. The van der Waals surface area contributed by atoms with Crippen molar-refractivity contribution in [1.29, 1.82) is 0 Å². The molecule has 0 spiro atoms. The third-order valence-corrected chi connectivity index (χ3v) is 6.49. The fourth-order valence-corrected chi connectivity index (χ4v) is 4.83. The molecule has 2 heterocycles. The van der Waals surface area contributed by atoms with Crippen LogP contribution in [-0.2, 0) is 16.6 Å². The van der Waals surface area contributed by atoms with E-state index in [2.05, 4.69) is 12.1 Å². The lowest BCUT2D eigenvalue weighted by molar-refractivity contribution is -0.144. The summed E-state index contributed by atoms with van der Waals surface area (Å²) in [5.41, 5.74) is 2.24. The lowest BCUT2D eigenvalue weighted by Crippen LogP contribution is -2.48. The fraction of sp³-hybridized carbons (Fsp3) is 0.269. The number of carbonyl (C=O) groups is 1. The normalized spacial score (nSPS) is 21.4. The number of methoxy groups -OCH3 is 1. The highest BCUT2D eigenvalue weighted by Crippen LogP contribution is 2.53. The van der Waals surface area contributed by atoms with E-state index in [0.717, 1.165) is 22.4 Å². The minimum Gasteiger partial charge on any atom is -0.497 e. The molecule has 5 heteroatoms. The van der Waals surface area contributed by atoms with Crippen LogP contribution in [0.3, 0.4) is 0 Å². The zero-order valence-corrected chi connectivity index (χ0v) is 17.6. The van der Waals surface area contributed by atoms with Crippen LogP contribution in [0.4, 0.5) is 0 Å².